The Balaban J connectivity index is 0.000000147. The lowest BCUT2D eigenvalue weighted by Crippen LogP contribution is -2.53. The summed E-state index contributed by atoms with van der Waals surface area (Å²) in [6.07, 6.45) is 10.4. The van der Waals surface area contributed by atoms with E-state index in [4.69, 9.17) is 14.2 Å². The van der Waals surface area contributed by atoms with Crippen LogP contribution in [-0.4, -0.2) is 56.0 Å². The number of methoxy groups -OCH3 is 3. The third kappa shape index (κ3) is 6.79. The minimum atomic E-state index is -0.746. The molecular weight excluding hydrogens is 829 g/mol. The molecule has 0 aromatic heterocycles. The van der Waals surface area contributed by atoms with E-state index >= 15 is 0 Å². The van der Waals surface area contributed by atoms with E-state index in [0.717, 1.165) is 50.6 Å². The molecule has 3 aromatic carbocycles. The second-order valence-electron chi connectivity index (χ2n) is 20.7. The van der Waals surface area contributed by atoms with Crippen molar-refractivity contribution in [1.82, 2.24) is 0 Å². The van der Waals surface area contributed by atoms with E-state index in [0.29, 0.717) is 16.7 Å². The van der Waals surface area contributed by atoms with Crippen molar-refractivity contribution < 1.29 is 43.0 Å². The first-order chi connectivity index (χ1) is 30.7. The summed E-state index contributed by atoms with van der Waals surface area (Å²) in [4.78, 5) is 75.7. The van der Waals surface area contributed by atoms with E-state index < -0.39 is 50.2 Å². The van der Waals surface area contributed by atoms with Gasteiger partial charge in [0, 0.05) is 67.0 Å². The van der Waals surface area contributed by atoms with Gasteiger partial charge in [0.2, 0.25) is 0 Å². The van der Waals surface area contributed by atoms with Crippen LogP contribution in [-0.2, 0) is 45.0 Å². The third-order valence-corrected chi connectivity index (χ3v) is 15.7. The molecule has 0 bridgehead atoms. The summed E-state index contributed by atoms with van der Waals surface area (Å²) in [5.74, 6) is 0.747. The molecule has 342 valence electrons. The molecule has 9 rings (SSSR count). The molecule has 6 aliphatic rings. The number of Topliss-reactive ketones (excluding diaryl/α,β-unsaturated/α-hetero) is 3. The van der Waals surface area contributed by atoms with Crippen LogP contribution >= 0.6 is 0 Å². The molecule has 0 amide bonds. The van der Waals surface area contributed by atoms with Gasteiger partial charge in [-0.25, -0.2) is 0 Å². The highest BCUT2D eigenvalue weighted by Crippen LogP contribution is 2.57. The van der Waals surface area contributed by atoms with Crippen molar-refractivity contribution in [3.8, 4) is 17.2 Å². The number of carbonyl (C=O) groups is 6. The van der Waals surface area contributed by atoms with Crippen LogP contribution in [0.15, 0.2) is 111 Å². The minimum Gasteiger partial charge on any atom is -0.497 e. The maximum Gasteiger partial charge on any atom is 0.168 e. The number of ether oxygens (including phenoxy) is 3. The maximum atomic E-state index is 12.9. The van der Waals surface area contributed by atoms with Crippen molar-refractivity contribution >= 4 is 51.4 Å². The zero-order chi connectivity index (χ0) is 48.9. The first-order valence-corrected chi connectivity index (χ1v) is 22.2. The van der Waals surface area contributed by atoms with Gasteiger partial charge in [0.15, 0.2) is 34.7 Å². The summed E-state index contributed by atoms with van der Waals surface area (Å²) >= 11 is 0. The van der Waals surface area contributed by atoms with Crippen molar-refractivity contribution in [2.24, 2.45) is 34.0 Å². The molecule has 9 heteroatoms. The van der Waals surface area contributed by atoms with Gasteiger partial charge in [-0.2, -0.15) is 0 Å². The van der Waals surface area contributed by atoms with Gasteiger partial charge in [-0.1, -0.05) is 118 Å². The predicted molar refractivity (Wildman–Crippen MR) is 257 cm³/mol. The smallest absolute Gasteiger partial charge is 0.168 e. The Labute approximate surface area is 388 Å². The fourth-order valence-electron chi connectivity index (χ4n) is 11.9. The van der Waals surface area contributed by atoms with E-state index in [2.05, 4.69) is 19.7 Å². The molecule has 0 heterocycles. The van der Waals surface area contributed by atoms with Gasteiger partial charge in [-0.05, 0) is 88.0 Å². The van der Waals surface area contributed by atoms with Crippen molar-refractivity contribution in [2.75, 3.05) is 21.3 Å². The average molecular weight is 889 g/mol. The normalized spacial score (nSPS) is 29.1. The van der Waals surface area contributed by atoms with Crippen molar-refractivity contribution in [3.05, 3.63) is 144 Å². The summed E-state index contributed by atoms with van der Waals surface area (Å²) in [5.41, 5.74) is 3.16. The Bertz CT molecular complexity index is 2520. The number of fused-ring (bicyclic) bond motifs is 9. The Morgan fingerprint density at radius 2 is 0.621 bits per heavy atom. The largest absolute Gasteiger partial charge is 0.497 e. The van der Waals surface area contributed by atoms with Crippen LogP contribution in [0, 0.1) is 34.0 Å². The number of allylic oxidation sites excluding steroid dienone is 9. The topological polar surface area (TPSA) is 130 Å². The number of ketones is 6. The van der Waals surface area contributed by atoms with Gasteiger partial charge in [0.25, 0.3) is 0 Å². The zero-order valence-corrected chi connectivity index (χ0v) is 40.2. The van der Waals surface area contributed by atoms with E-state index in [1.807, 2.05) is 135 Å². The summed E-state index contributed by atoms with van der Waals surface area (Å²) in [7, 11) is 4.86. The average Bonchev–Trinajstić information content (AvgIpc) is 3.28. The lowest BCUT2D eigenvalue weighted by atomic mass is 9.51. The summed E-state index contributed by atoms with van der Waals surface area (Å²) in [5, 5.41) is 0. The summed E-state index contributed by atoms with van der Waals surface area (Å²) in [6, 6.07) is 17.0. The van der Waals surface area contributed by atoms with Gasteiger partial charge in [0.1, 0.15) is 17.2 Å². The second kappa shape index (κ2) is 15.9. The number of carbonyl (C=O) groups excluding carboxylic acids is 6. The number of benzene rings is 3. The Morgan fingerprint density at radius 1 is 0.394 bits per heavy atom. The van der Waals surface area contributed by atoms with E-state index in [9.17, 15) is 28.8 Å². The van der Waals surface area contributed by atoms with Crippen molar-refractivity contribution in [2.45, 2.75) is 78.6 Å². The first-order valence-electron chi connectivity index (χ1n) is 22.2. The molecule has 0 saturated carbocycles. The number of hydrogen-bond donors (Lipinski definition) is 0. The standard InChI is InChI=1S/3C19H20O3/c3*1-11-13-7-6-12(22-5)10-14(13)19(4)9-8-15(20)18(2,3)17(19)16(11)21/h3*6-10,17H,1H2,2-5H3/t2*17?,19-;/m10./s1. The Hall–Kier alpha value is -6.48. The van der Waals surface area contributed by atoms with Crippen molar-refractivity contribution in [3.63, 3.8) is 0 Å². The third-order valence-electron chi connectivity index (χ3n) is 15.7. The molecule has 9 nitrogen and oxygen atoms in total. The Morgan fingerprint density at radius 3 is 0.833 bits per heavy atom. The zero-order valence-electron chi connectivity index (χ0n) is 40.2. The van der Waals surface area contributed by atoms with Crippen molar-refractivity contribution in [1.29, 1.82) is 0 Å². The predicted octanol–water partition coefficient (Wildman–Crippen LogP) is 9.99. The number of rotatable bonds is 3. The highest BCUT2D eigenvalue weighted by atomic mass is 16.5. The second-order valence-corrected chi connectivity index (χ2v) is 20.7. The fourth-order valence-corrected chi connectivity index (χ4v) is 11.9. The SMILES string of the molecule is C=C1C(=O)C2C(C)(C)C(=O)C=CC2(C)c2cc(OC)ccc21.C=C1C(=O)C2C(C)(C)C(=O)C=C[C@@]2(C)c2cc(OC)ccc21.C=C1C(=O)C2C(C)(C)C(=O)C=C[C@]2(C)c2cc(OC)ccc21. The van der Waals surface area contributed by atoms with Crippen LogP contribution in [0.4, 0.5) is 0 Å². The fraction of sp³-hybridized carbons (Fsp3) is 0.368. The van der Waals surface area contributed by atoms with Crippen LogP contribution in [0.1, 0.15) is 95.7 Å². The molecule has 0 N–H and O–H groups in total. The molecule has 0 spiro atoms. The molecule has 66 heavy (non-hydrogen) atoms. The minimum absolute atomic E-state index is 0.0116. The monoisotopic (exact) mass is 888 g/mol. The van der Waals surface area contributed by atoms with Crippen LogP contribution in [0.5, 0.6) is 17.2 Å². The lowest BCUT2D eigenvalue weighted by molar-refractivity contribution is -0.135. The van der Waals surface area contributed by atoms with Crippen LogP contribution in [0.2, 0.25) is 0 Å². The quantitative estimate of drug-likeness (QED) is 0.236. The highest BCUT2D eigenvalue weighted by Gasteiger charge is 2.59. The van der Waals surface area contributed by atoms with Gasteiger partial charge in [0.05, 0.1) is 21.3 Å². The highest BCUT2D eigenvalue weighted by molar-refractivity contribution is 6.27. The lowest BCUT2D eigenvalue weighted by Gasteiger charge is -2.49. The number of hydrogen-bond acceptors (Lipinski definition) is 9. The molecule has 0 radical (unpaired) electrons. The Kier molecular flexibility index (Phi) is 11.4. The molecule has 0 aliphatic heterocycles. The molecular formula is C57H60O9. The van der Waals surface area contributed by atoms with E-state index in [-0.39, 0.29) is 34.7 Å². The summed E-state index contributed by atoms with van der Waals surface area (Å²) < 4.78 is 16.0. The van der Waals surface area contributed by atoms with Crippen LogP contribution in [0.25, 0.3) is 16.7 Å². The molecule has 6 atom stereocenters. The van der Waals surface area contributed by atoms with E-state index in [1.54, 1.807) is 39.6 Å². The molecule has 3 aromatic rings. The van der Waals surface area contributed by atoms with E-state index in [1.165, 1.54) is 0 Å². The van der Waals surface area contributed by atoms with Gasteiger partial charge < -0.3 is 14.2 Å². The van der Waals surface area contributed by atoms with Crippen LogP contribution in [0.3, 0.4) is 0 Å². The molecule has 6 aliphatic carbocycles. The van der Waals surface area contributed by atoms with Gasteiger partial charge in [-0.3, -0.25) is 28.8 Å². The molecule has 0 saturated heterocycles. The maximum absolute atomic E-state index is 12.9. The molecule has 0 fully saturated rings. The van der Waals surface area contributed by atoms with Gasteiger partial charge in [-0.15, -0.1) is 0 Å². The summed E-state index contributed by atoms with van der Waals surface area (Å²) in [6.45, 7) is 29.1. The molecule has 4 unspecified atom stereocenters. The van der Waals surface area contributed by atoms with Gasteiger partial charge >= 0.3 is 0 Å². The first kappa shape index (κ1) is 47.5. The van der Waals surface area contributed by atoms with Crippen LogP contribution < -0.4 is 14.2 Å².